The maximum Gasteiger partial charge on any atom is 0.189 e. The Morgan fingerprint density at radius 3 is 2.22 bits per heavy atom. The van der Waals surface area contributed by atoms with Gasteiger partial charge in [0.1, 0.15) is 2.14 Å². The molecule has 7 heteroatoms. The van der Waals surface area contributed by atoms with Crippen LogP contribution in [0.15, 0.2) is 0 Å². The lowest BCUT2D eigenvalue weighted by Gasteiger charge is -2.29. The van der Waals surface area contributed by atoms with E-state index in [-0.39, 0.29) is 7.80 Å². The van der Waals surface area contributed by atoms with Gasteiger partial charge in [-0.1, -0.05) is 80.9 Å². The van der Waals surface area contributed by atoms with Crippen molar-refractivity contribution in [2.24, 2.45) is 0 Å². The van der Waals surface area contributed by atoms with Gasteiger partial charge < -0.3 is 9.42 Å². The fraction of sp³-hybridized carbons (Fsp3) is 1.00. The minimum atomic E-state index is -2.72. The highest BCUT2D eigenvalue weighted by Crippen LogP contribution is 2.55. The number of unbranched alkanes of at least 4 members (excludes halogenated alkanes) is 2. The highest BCUT2D eigenvalue weighted by Gasteiger charge is 2.33. The molecule has 0 saturated carbocycles. The molecule has 110 valence electrons. The van der Waals surface area contributed by atoms with Crippen LogP contribution in [0.25, 0.3) is 0 Å². The maximum absolute atomic E-state index is 10.4. The van der Waals surface area contributed by atoms with Gasteiger partial charge in [-0.25, -0.2) is 0 Å². The van der Waals surface area contributed by atoms with Gasteiger partial charge in [0.15, 0.2) is 6.49 Å². The Morgan fingerprint density at radius 1 is 1.22 bits per heavy atom. The normalized spacial score (nSPS) is 17.4. The largest absolute Gasteiger partial charge is 0.345 e. The molecule has 0 aliphatic rings. The van der Waals surface area contributed by atoms with E-state index in [1.54, 1.807) is 0 Å². The van der Waals surface area contributed by atoms with E-state index in [1.165, 1.54) is 0 Å². The Balaban J connectivity index is 4.55. The molecule has 0 aromatic heterocycles. The predicted molar refractivity (Wildman–Crippen MR) is 94.8 cm³/mol. The molecular weight excluding hydrogens is 467 g/mol. The van der Waals surface area contributed by atoms with Gasteiger partial charge in [0.25, 0.3) is 0 Å². The lowest BCUT2D eigenvalue weighted by atomic mass is 10.2. The topological polar surface area (TPSA) is 29.5 Å². The second kappa shape index (κ2) is 9.86. The summed E-state index contributed by atoms with van der Waals surface area (Å²) in [7, 11) is 0. The van der Waals surface area contributed by atoms with E-state index >= 15 is 0 Å². The van der Waals surface area contributed by atoms with Crippen LogP contribution in [0.3, 0.4) is 0 Å². The molecule has 0 aromatic carbocycles. The Bertz CT molecular complexity index is 272. The number of halogens is 3. The third-order valence-corrected chi connectivity index (χ3v) is 6.69. The summed E-state index contributed by atoms with van der Waals surface area (Å²) < 4.78 is 5.23. The molecule has 0 aliphatic carbocycles. The van der Waals surface area contributed by atoms with E-state index in [4.69, 9.17) is 16.3 Å². The van der Waals surface area contributed by atoms with Crippen LogP contribution in [0.4, 0.5) is 0 Å². The van der Waals surface area contributed by atoms with Gasteiger partial charge in [-0.15, -0.1) is 0 Å². The zero-order valence-electron chi connectivity index (χ0n) is 10.9. The lowest BCUT2D eigenvalue weighted by molar-refractivity contribution is 0.290. The maximum atomic E-state index is 10.4. The molecule has 2 atom stereocenters. The molecule has 0 aliphatic heterocycles. The molecule has 2 unspecified atom stereocenters. The Labute approximate surface area is 141 Å². The first kappa shape index (κ1) is 20.0. The third kappa shape index (κ3) is 9.84. The first-order chi connectivity index (χ1) is 8.23. The summed E-state index contributed by atoms with van der Waals surface area (Å²) in [4.78, 5) is 10.4. The predicted octanol–water partition coefficient (Wildman–Crippen LogP) is 5.89. The van der Waals surface area contributed by atoms with Gasteiger partial charge >= 0.3 is 0 Å². The van der Waals surface area contributed by atoms with Gasteiger partial charge in [-0.05, 0) is 31.1 Å². The number of hydrogen-bond donors (Lipinski definition) is 1. The van der Waals surface area contributed by atoms with E-state index in [1.807, 2.05) is 0 Å². The summed E-state index contributed by atoms with van der Waals surface area (Å²) in [6.45, 7) is 2.08. The van der Waals surface area contributed by atoms with Crippen LogP contribution in [0, 0.1) is 0 Å². The Kier molecular flexibility index (Phi) is 11.0. The van der Waals surface area contributed by atoms with Crippen LogP contribution < -0.4 is 0 Å². The fourth-order valence-electron chi connectivity index (χ4n) is 1.53. The van der Waals surface area contributed by atoms with Crippen LogP contribution in [-0.2, 0) is 16.3 Å². The first-order valence-electron chi connectivity index (χ1n) is 6.26. The second-order valence-corrected chi connectivity index (χ2v) is 15.3. The van der Waals surface area contributed by atoms with Crippen LogP contribution in [-0.4, -0.2) is 19.3 Å². The number of alkyl halides is 3. The minimum Gasteiger partial charge on any atom is -0.345 e. The molecular formula is C11H22Br3O2PS. The minimum absolute atomic E-state index is 0.0161. The van der Waals surface area contributed by atoms with Crippen molar-refractivity contribution in [3.63, 3.8) is 0 Å². The summed E-state index contributed by atoms with van der Waals surface area (Å²) in [6.07, 6.45) is 5.76. The van der Waals surface area contributed by atoms with Crippen molar-refractivity contribution in [3.05, 3.63) is 0 Å². The molecule has 18 heavy (non-hydrogen) atoms. The zero-order chi connectivity index (χ0) is 14.2. The average molecular weight is 489 g/mol. The summed E-state index contributed by atoms with van der Waals surface area (Å²) in [5.74, 6) is 0. The zero-order valence-corrected chi connectivity index (χ0v) is 17.3. The molecule has 0 bridgehead atoms. The second-order valence-electron chi connectivity index (χ2n) is 4.37. The molecule has 0 amide bonds. The standard InChI is InChI=1S/C11H22Br3O2PS/c1-3-5-7-10(9-11(12,13)14)17(15,18)16-8-6-4-2/h10H,3-9H2,1-2H3,(H,15,18). The molecule has 0 fully saturated rings. The van der Waals surface area contributed by atoms with Crippen LogP contribution in [0.2, 0.25) is 0 Å². The smallest absolute Gasteiger partial charge is 0.189 e. The SMILES string of the molecule is CCCCOP(O)(=S)C(CCCC)CC(Br)(Br)Br. The van der Waals surface area contributed by atoms with Crippen molar-refractivity contribution in [1.82, 2.24) is 0 Å². The molecule has 0 aromatic rings. The van der Waals surface area contributed by atoms with E-state index < -0.39 is 6.49 Å². The van der Waals surface area contributed by atoms with Crippen molar-refractivity contribution in [2.75, 3.05) is 6.61 Å². The molecule has 0 radical (unpaired) electrons. The average Bonchev–Trinajstić information content (AvgIpc) is 2.22. The summed E-state index contributed by atoms with van der Waals surface area (Å²) in [6, 6.07) is 0. The van der Waals surface area contributed by atoms with Gasteiger partial charge in [-0.2, -0.15) is 0 Å². The summed E-state index contributed by atoms with van der Waals surface area (Å²) in [5, 5.41) is 0. The molecule has 1 N–H and O–H groups in total. The number of hydrogen-bond acceptors (Lipinski definition) is 2. The van der Waals surface area contributed by atoms with Crippen LogP contribution in [0.5, 0.6) is 0 Å². The van der Waals surface area contributed by atoms with Crippen LogP contribution in [0.1, 0.15) is 52.4 Å². The van der Waals surface area contributed by atoms with Crippen molar-refractivity contribution < 1.29 is 9.42 Å². The number of rotatable bonds is 9. The third-order valence-electron chi connectivity index (χ3n) is 2.59. The van der Waals surface area contributed by atoms with Crippen molar-refractivity contribution in [2.45, 2.75) is 60.2 Å². The van der Waals surface area contributed by atoms with E-state index in [2.05, 4.69) is 61.6 Å². The fourth-order valence-corrected chi connectivity index (χ4v) is 5.83. The molecule has 2 nitrogen and oxygen atoms in total. The van der Waals surface area contributed by atoms with Crippen molar-refractivity contribution >= 4 is 66.1 Å². The molecule has 0 rings (SSSR count). The van der Waals surface area contributed by atoms with Gasteiger partial charge in [0.2, 0.25) is 0 Å². The van der Waals surface area contributed by atoms with Crippen molar-refractivity contribution in [3.8, 4) is 0 Å². The van der Waals surface area contributed by atoms with Gasteiger partial charge in [-0.3, -0.25) is 0 Å². The molecule has 0 heterocycles. The molecule has 0 saturated heterocycles. The van der Waals surface area contributed by atoms with Gasteiger partial charge in [0.05, 0.1) is 6.61 Å². The summed E-state index contributed by atoms with van der Waals surface area (Å²) in [5.41, 5.74) is 0.0161. The highest BCUT2D eigenvalue weighted by molar-refractivity contribution is 9.39. The Morgan fingerprint density at radius 2 is 1.78 bits per heavy atom. The van der Waals surface area contributed by atoms with E-state index in [0.29, 0.717) is 13.0 Å². The van der Waals surface area contributed by atoms with Crippen LogP contribution >= 0.6 is 54.3 Å². The molecule has 0 spiro atoms. The lowest BCUT2D eigenvalue weighted by Crippen LogP contribution is -2.18. The summed E-state index contributed by atoms with van der Waals surface area (Å²) >= 11 is 15.8. The van der Waals surface area contributed by atoms with Crippen molar-refractivity contribution in [1.29, 1.82) is 0 Å². The Hall–Kier alpha value is 2.01. The first-order valence-corrected chi connectivity index (χ1v) is 11.4. The van der Waals surface area contributed by atoms with E-state index in [9.17, 15) is 4.89 Å². The van der Waals surface area contributed by atoms with E-state index in [0.717, 1.165) is 32.1 Å². The monoisotopic (exact) mass is 486 g/mol. The van der Waals surface area contributed by atoms with Gasteiger partial charge in [0, 0.05) is 5.66 Å². The highest BCUT2D eigenvalue weighted by atomic mass is 80.0. The quantitative estimate of drug-likeness (QED) is 0.249.